The van der Waals surface area contributed by atoms with E-state index in [0.717, 1.165) is 36.2 Å². The second kappa shape index (κ2) is 15.8. The lowest BCUT2D eigenvalue weighted by atomic mass is 10.1. The number of unbranched alkanes of at least 4 members (excludes halogenated alkanes) is 1. The fourth-order valence-corrected chi connectivity index (χ4v) is 5.48. The summed E-state index contributed by atoms with van der Waals surface area (Å²) in [6, 6.07) is 16.5. The predicted octanol–water partition coefficient (Wildman–Crippen LogP) is 5.29. The first-order chi connectivity index (χ1) is 20.4. The van der Waals surface area contributed by atoms with E-state index in [4.69, 9.17) is 4.74 Å². The number of likely N-dealkylation sites (tertiary alicyclic amines) is 1. The predicted molar refractivity (Wildman–Crippen MR) is 164 cm³/mol. The molecule has 2 heterocycles. The number of ether oxygens (including phenoxy) is 1. The van der Waals surface area contributed by atoms with Gasteiger partial charge >= 0.3 is 6.09 Å². The van der Waals surface area contributed by atoms with Crippen LogP contribution in [-0.4, -0.2) is 78.3 Å². The second-order valence-corrected chi connectivity index (χ2v) is 11.1. The third-order valence-electron chi connectivity index (χ3n) is 7.18. The number of rotatable bonds is 13. The van der Waals surface area contributed by atoms with Gasteiger partial charge in [-0.1, -0.05) is 30.3 Å². The number of hydrogen-bond acceptors (Lipinski definition) is 8. The molecule has 0 aliphatic carbocycles. The van der Waals surface area contributed by atoms with Gasteiger partial charge in [-0.15, -0.1) is 11.3 Å². The Kier molecular flexibility index (Phi) is 11.6. The number of piperidine rings is 1. The molecule has 4 rings (SSSR count). The molecule has 1 aliphatic heterocycles. The summed E-state index contributed by atoms with van der Waals surface area (Å²) in [6.45, 7) is 2.77. The Labute approximate surface area is 250 Å². The van der Waals surface area contributed by atoms with Crippen LogP contribution in [0, 0.1) is 0 Å². The summed E-state index contributed by atoms with van der Waals surface area (Å²) < 4.78 is 5.65. The Bertz CT molecular complexity index is 1320. The van der Waals surface area contributed by atoms with Crippen LogP contribution in [0.25, 0.3) is 10.4 Å². The molecular weight excluding hydrogens is 554 g/mol. The van der Waals surface area contributed by atoms with Crippen LogP contribution >= 0.6 is 11.3 Å². The van der Waals surface area contributed by atoms with E-state index in [1.165, 1.54) is 11.3 Å². The number of aromatic nitrogens is 1. The van der Waals surface area contributed by atoms with Crippen LogP contribution in [-0.2, 0) is 14.3 Å². The van der Waals surface area contributed by atoms with E-state index < -0.39 is 6.09 Å². The maximum atomic E-state index is 12.6. The molecule has 0 unspecified atom stereocenters. The molecule has 0 radical (unpaired) electrons. The van der Waals surface area contributed by atoms with E-state index in [0.29, 0.717) is 62.3 Å². The number of anilines is 2. The van der Waals surface area contributed by atoms with Gasteiger partial charge in [0, 0.05) is 57.3 Å². The molecule has 1 aromatic heterocycles. The quantitative estimate of drug-likeness (QED) is 0.205. The third-order valence-corrected chi connectivity index (χ3v) is 8.05. The number of aldehydes is 1. The molecule has 222 valence electrons. The van der Waals surface area contributed by atoms with Crippen molar-refractivity contribution < 1.29 is 23.9 Å². The third kappa shape index (κ3) is 9.49. The van der Waals surface area contributed by atoms with Crippen LogP contribution in [0.2, 0.25) is 0 Å². The van der Waals surface area contributed by atoms with Crippen molar-refractivity contribution in [3.8, 4) is 10.4 Å². The number of nitrogens with one attached hydrogen (secondary N) is 2. The molecule has 3 amide bonds. The van der Waals surface area contributed by atoms with Gasteiger partial charge in [0.25, 0.3) is 0 Å². The lowest BCUT2D eigenvalue weighted by Gasteiger charge is -2.31. The van der Waals surface area contributed by atoms with Crippen molar-refractivity contribution in [1.29, 1.82) is 0 Å². The fraction of sp³-hybridized carbons (Fsp3) is 0.387. The molecule has 0 spiro atoms. The second-order valence-electron chi connectivity index (χ2n) is 10.3. The maximum Gasteiger partial charge on any atom is 0.413 e. The Morgan fingerprint density at radius 1 is 1.02 bits per heavy atom. The Hall–Kier alpha value is -4.09. The van der Waals surface area contributed by atoms with Crippen LogP contribution < -0.4 is 10.6 Å². The molecule has 0 bridgehead atoms. The largest absolute Gasteiger partial charge is 0.446 e. The minimum absolute atomic E-state index is 0.0740. The van der Waals surface area contributed by atoms with Crippen LogP contribution in [0.4, 0.5) is 16.3 Å². The van der Waals surface area contributed by atoms with Gasteiger partial charge in [-0.25, -0.2) is 9.78 Å². The molecular formula is C31H37N5O5S. The Morgan fingerprint density at radius 2 is 1.76 bits per heavy atom. The van der Waals surface area contributed by atoms with Gasteiger partial charge in [-0.05, 0) is 55.5 Å². The molecule has 1 saturated heterocycles. The van der Waals surface area contributed by atoms with Gasteiger partial charge in [0.1, 0.15) is 12.4 Å². The maximum absolute atomic E-state index is 12.6. The van der Waals surface area contributed by atoms with E-state index in [1.807, 2.05) is 30.3 Å². The fourth-order valence-electron chi connectivity index (χ4n) is 4.73. The monoisotopic (exact) mass is 591 g/mol. The van der Waals surface area contributed by atoms with Crippen molar-refractivity contribution in [1.82, 2.24) is 14.8 Å². The van der Waals surface area contributed by atoms with Gasteiger partial charge in [-0.3, -0.25) is 19.7 Å². The zero-order valence-electron chi connectivity index (χ0n) is 23.8. The average molecular weight is 592 g/mol. The molecule has 1 aliphatic rings. The normalized spacial score (nSPS) is 13.7. The lowest BCUT2D eigenvalue weighted by Crippen LogP contribution is -2.40. The van der Waals surface area contributed by atoms with Gasteiger partial charge in [0.2, 0.25) is 11.8 Å². The van der Waals surface area contributed by atoms with E-state index >= 15 is 0 Å². The molecule has 3 aromatic rings. The van der Waals surface area contributed by atoms with Crippen molar-refractivity contribution in [2.75, 3.05) is 43.9 Å². The van der Waals surface area contributed by atoms with E-state index in [1.54, 1.807) is 41.7 Å². The summed E-state index contributed by atoms with van der Waals surface area (Å²) in [7, 11) is 1.79. The highest BCUT2D eigenvalue weighted by Crippen LogP contribution is 2.31. The number of carbonyl (C=O) groups is 4. The Morgan fingerprint density at radius 3 is 2.48 bits per heavy atom. The minimum atomic E-state index is -0.501. The minimum Gasteiger partial charge on any atom is -0.446 e. The van der Waals surface area contributed by atoms with Crippen LogP contribution in [0.15, 0.2) is 60.1 Å². The summed E-state index contributed by atoms with van der Waals surface area (Å²) in [5.41, 5.74) is 3.91. The zero-order chi connectivity index (χ0) is 29.7. The van der Waals surface area contributed by atoms with Gasteiger partial charge in [-0.2, -0.15) is 0 Å². The molecule has 0 atom stereocenters. The highest BCUT2D eigenvalue weighted by molar-refractivity contribution is 7.13. The van der Waals surface area contributed by atoms with E-state index in [9.17, 15) is 19.2 Å². The molecule has 42 heavy (non-hydrogen) atoms. The van der Waals surface area contributed by atoms with Crippen molar-refractivity contribution in [3.05, 3.63) is 65.7 Å². The molecule has 2 N–H and O–H groups in total. The molecule has 2 aromatic carbocycles. The van der Waals surface area contributed by atoms with E-state index in [2.05, 4.69) is 20.5 Å². The standard InChI is InChI=1S/C31H37N5O5S/c1-35(17-6-5-9-27(38)33-25-12-10-23(21-37)11-13-25)28(39)16-20-36-18-14-26(15-19-36)41-31(40)34-30-29(42-22-32-30)24-7-3-2-4-8-24/h2-4,7-8,10-13,21-22,26H,5-6,9,14-20H2,1H3,(H,33,38)(H,34,40). The lowest BCUT2D eigenvalue weighted by molar-refractivity contribution is -0.130. The topological polar surface area (TPSA) is 121 Å². The number of amides is 3. The number of hydrogen-bond donors (Lipinski definition) is 2. The average Bonchev–Trinajstić information content (AvgIpc) is 3.47. The smallest absolute Gasteiger partial charge is 0.413 e. The number of carbonyl (C=O) groups excluding carboxylic acids is 4. The van der Waals surface area contributed by atoms with Crippen molar-refractivity contribution in [3.63, 3.8) is 0 Å². The Balaban J connectivity index is 1.07. The highest BCUT2D eigenvalue weighted by atomic mass is 32.1. The summed E-state index contributed by atoms with van der Waals surface area (Å²) in [5.74, 6) is 0.486. The van der Waals surface area contributed by atoms with Gasteiger partial charge in [0.05, 0.1) is 10.4 Å². The van der Waals surface area contributed by atoms with Crippen LogP contribution in [0.3, 0.4) is 0 Å². The van der Waals surface area contributed by atoms with Crippen molar-refractivity contribution in [2.24, 2.45) is 0 Å². The molecule has 10 nitrogen and oxygen atoms in total. The van der Waals surface area contributed by atoms with Crippen LogP contribution in [0.1, 0.15) is 48.9 Å². The first-order valence-corrected chi connectivity index (χ1v) is 15.1. The summed E-state index contributed by atoms with van der Waals surface area (Å²) in [4.78, 5) is 57.1. The summed E-state index contributed by atoms with van der Waals surface area (Å²) >= 11 is 1.46. The molecule has 0 saturated carbocycles. The summed E-state index contributed by atoms with van der Waals surface area (Å²) in [6.07, 6.45) is 3.70. The van der Waals surface area contributed by atoms with E-state index in [-0.39, 0.29) is 17.9 Å². The van der Waals surface area contributed by atoms with Crippen LogP contribution in [0.5, 0.6) is 0 Å². The van der Waals surface area contributed by atoms with Gasteiger partial charge in [0.15, 0.2) is 5.82 Å². The molecule has 1 fully saturated rings. The first-order valence-electron chi connectivity index (χ1n) is 14.2. The number of nitrogens with zero attached hydrogens (tertiary/aromatic N) is 3. The first kappa shape index (κ1) is 30.9. The highest BCUT2D eigenvalue weighted by Gasteiger charge is 2.24. The van der Waals surface area contributed by atoms with Crippen molar-refractivity contribution in [2.45, 2.75) is 44.6 Å². The SMILES string of the molecule is CN(CCCCC(=O)Nc1ccc(C=O)cc1)C(=O)CCN1CCC(OC(=O)Nc2ncsc2-c2ccccc2)CC1. The summed E-state index contributed by atoms with van der Waals surface area (Å²) in [5, 5.41) is 5.60. The molecule has 11 heteroatoms. The van der Waals surface area contributed by atoms with Gasteiger partial charge < -0.3 is 19.9 Å². The van der Waals surface area contributed by atoms with Crippen molar-refractivity contribution >= 4 is 47.0 Å². The number of benzene rings is 2. The number of thiazole rings is 1. The zero-order valence-corrected chi connectivity index (χ0v) is 24.6.